The quantitative estimate of drug-likeness (QED) is 0.769. The summed E-state index contributed by atoms with van der Waals surface area (Å²) >= 11 is 1.66. The number of fused-ring (bicyclic) bond motifs is 1. The first-order valence-electron chi connectivity index (χ1n) is 7.26. The molecule has 0 saturated carbocycles. The third-order valence-electron chi connectivity index (χ3n) is 3.33. The van der Waals surface area contributed by atoms with E-state index in [-0.39, 0.29) is 6.10 Å². The highest BCUT2D eigenvalue weighted by Crippen LogP contribution is 2.32. The highest BCUT2D eigenvalue weighted by atomic mass is 32.2. The van der Waals surface area contributed by atoms with Crippen LogP contribution in [0.2, 0.25) is 0 Å². The summed E-state index contributed by atoms with van der Waals surface area (Å²) in [4.78, 5) is 1.18. The second kappa shape index (κ2) is 7.54. The predicted octanol–water partition coefficient (Wildman–Crippen LogP) is 2.66. The normalized spacial score (nSPS) is 14.0. The van der Waals surface area contributed by atoms with Gasteiger partial charge in [-0.25, -0.2) is 0 Å². The number of aliphatic hydroxyl groups is 1. The lowest BCUT2D eigenvalue weighted by atomic mass is 10.2. The molecule has 116 valence electrons. The summed E-state index contributed by atoms with van der Waals surface area (Å²) in [5.74, 6) is 2.26. The van der Waals surface area contributed by atoms with E-state index < -0.39 is 0 Å². The maximum Gasteiger partial charge on any atom is 0.231 e. The van der Waals surface area contributed by atoms with Gasteiger partial charge in [0.1, 0.15) is 0 Å². The minimum atomic E-state index is -0.376. The van der Waals surface area contributed by atoms with E-state index in [2.05, 4.69) is 17.4 Å². The summed E-state index contributed by atoms with van der Waals surface area (Å²) in [6.07, 6.45) is -0.376. The van der Waals surface area contributed by atoms with Crippen molar-refractivity contribution >= 4 is 11.8 Å². The Morgan fingerprint density at radius 2 is 1.91 bits per heavy atom. The van der Waals surface area contributed by atoms with Crippen molar-refractivity contribution in [2.75, 3.05) is 19.1 Å². The van der Waals surface area contributed by atoms with Gasteiger partial charge in [0.15, 0.2) is 11.5 Å². The van der Waals surface area contributed by atoms with Crippen LogP contribution in [0.3, 0.4) is 0 Å². The Hall–Kier alpha value is -1.69. The molecule has 0 aliphatic carbocycles. The summed E-state index contributed by atoms with van der Waals surface area (Å²) in [6.45, 7) is 1.56. The van der Waals surface area contributed by atoms with Crippen LogP contribution in [0, 0.1) is 0 Å². The van der Waals surface area contributed by atoms with E-state index in [0.29, 0.717) is 25.6 Å². The van der Waals surface area contributed by atoms with Crippen molar-refractivity contribution in [2.24, 2.45) is 0 Å². The van der Waals surface area contributed by atoms with E-state index in [1.54, 1.807) is 11.8 Å². The number of aliphatic hydroxyl groups excluding tert-OH is 1. The van der Waals surface area contributed by atoms with E-state index in [0.717, 1.165) is 17.1 Å². The Labute approximate surface area is 134 Å². The molecule has 1 aliphatic heterocycles. The van der Waals surface area contributed by atoms with Crippen molar-refractivity contribution in [1.29, 1.82) is 0 Å². The molecule has 5 heteroatoms. The number of ether oxygens (including phenoxy) is 2. The average Bonchev–Trinajstić information content (AvgIpc) is 3.02. The highest BCUT2D eigenvalue weighted by molar-refractivity contribution is 7.99. The second-order valence-corrected chi connectivity index (χ2v) is 6.19. The monoisotopic (exact) mass is 317 g/mol. The molecule has 0 unspecified atom stereocenters. The third-order valence-corrected chi connectivity index (χ3v) is 4.49. The zero-order chi connectivity index (χ0) is 15.2. The van der Waals surface area contributed by atoms with Crippen molar-refractivity contribution in [2.45, 2.75) is 17.5 Å². The lowest BCUT2D eigenvalue weighted by Gasteiger charge is -2.12. The lowest BCUT2D eigenvalue weighted by Crippen LogP contribution is -2.28. The van der Waals surface area contributed by atoms with E-state index in [9.17, 15) is 5.11 Å². The fourth-order valence-corrected chi connectivity index (χ4v) is 3.05. The van der Waals surface area contributed by atoms with E-state index in [1.807, 2.05) is 36.4 Å². The number of hydrogen-bond acceptors (Lipinski definition) is 5. The smallest absolute Gasteiger partial charge is 0.231 e. The molecule has 0 spiro atoms. The number of rotatable bonds is 7. The molecular formula is C17H19NO3S. The Bertz CT molecular complexity index is 606. The standard InChI is InChI=1S/C17H19NO3S/c19-14(11-22-15-4-2-1-3-5-15)10-18-9-13-6-7-16-17(8-13)21-12-20-16/h1-8,14,18-19H,9-12H2/t14-/m0/s1. The van der Waals surface area contributed by atoms with Gasteiger partial charge in [-0.3, -0.25) is 0 Å². The lowest BCUT2D eigenvalue weighted by molar-refractivity contribution is 0.174. The molecule has 0 amide bonds. The van der Waals surface area contributed by atoms with Crippen molar-refractivity contribution in [3.63, 3.8) is 0 Å². The van der Waals surface area contributed by atoms with Crippen LogP contribution < -0.4 is 14.8 Å². The van der Waals surface area contributed by atoms with Gasteiger partial charge >= 0.3 is 0 Å². The molecule has 4 nitrogen and oxygen atoms in total. The Morgan fingerprint density at radius 1 is 1.09 bits per heavy atom. The van der Waals surface area contributed by atoms with Gasteiger partial charge in [-0.2, -0.15) is 0 Å². The Morgan fingerprint density at radius 3 is 2.77 bits per heavy atom. The predicted molar refractivity (Wildman–Crippen MR) is 87.4 cm³/mol. The first-order valence-corrected chi connectivity index (χ1v) is 8.25. The zero-order valence-electron chi connectivity index (χ0n) is 12.2. The van der Waals surface area contributed by atoms with Crippen LogP contribution in [0.25, 0.3) is 0 Å². The fraction of sp³-hybridized carbons (Fsp3) is 0.294. The molecule has 0 saturated heterocycles. The van der Waals surface area contributed by atoms with Gasteiger partial charge in [0, 0.05) is 23.7 Å². The fourth-order valence-electron chi connectivity index (χ4n) is 2.20. The first kappa shape index (κ1) is 15.2. The van der Waals surface area contributed by atoms with Gasteiger partial charge in [0.25, 0.3) is 0 Å². The maximum atomic E-state index is 10.0. The van der Waals surface area contributed by atoms with Crippen molar-refractivity contribution in [3.05, 3.63) is 54.1 Å². The molecule has 2 N–H and O–H groups in total. The average molecular weight is 317 g/mol. The molecule has 0 aromatic heterocycles. The van der Waals surface area contributed by atoms with Crippen molar-refractivity contribution < 1.29 is 14.6 Å². The van der Waals surface area contributed by atoms with Gasteiger partial charge in [0.2, 0.25) is 6.79 Å². The van der Waals surface area contributed by atoms with E-state index in [1.165, 1.54) is 4.90 Å². The molecule has 22 heavy (non-hydrogen) atoms. The minimum absolute atomic E-state index is 0.293. The summed E-state index contributed by atoms with van der Waals surface area (Å²) in [5.41, 5.74) is 1.12. The second-order valence-electron chi connectivity index (χ2n) is 5.10. The number of benzene rings is 2. The van der Waals surface area contributed by atoms with Gasteiger partial charge in [-0.1, -0.05) is 24.3 Å². The van der Waals surface area contributed by atoms with Crippen molar-refractivity contribution in [3.8, 4) is 11.5 Å². The molecule has 1 heterocycles. The van der Waals surface area contributed by atoms with Crippen LogP contribution in [0.1, 0.15) is 5.56 Å². The van der Waals surface area contributed by atoms with E-state index in [4.69, 9.17) is 9.47 Å². The van der Waals surface area contributed by atoms with Crippen LogP contribution in [0.15, 0.2) is 53.4 Å². The number of thioether (sulfide) groups is 1. The molecule has 0 radical (unpaired) electrons. The molecule has 3 rings (SSSR count). The summed E-state index contributed by atoms with van der Waals surface area (Å²) in [7, 11) is 0. The van der Waals surface area contributed by atoms with Crippen LogP contribution in [-0.2, 0) is 6.54 Å². The van der Waals surface area contributed by atoms with Gasteiger partial charge in [-0.15, -0.1) is 11.8 Å². The molecular weight excluding hydrogens is 298 g/mol. The third kappa shape index (κ3) is 4.16. The Kier molecular flexibility index (Phi) is 5.21. The maximum absolute atomic E-state index is 10.0. The van der Waals surface area contributed by atoms with Crippen molar-refractivity contribution in [1.82, 2.24) is 5.32 Å². The number of nitrogens with one attached hydrogen (secondary N) is 1. The molecule has 1 atom stereocenters. The largest absolute Gasteiger partial charge is 0.454 e. The van der Waals surface area contributed by atoms with Crippen LogP contribution in [-0.4, -0.2) is 30.3 Å². The molecule has 2 aromatic carbocycles. The summed E-state index contributed by atoms with van der Waals surface area (Å²) in [6, 6.07) is 16.0. The molecule has 2 aromatic rings. The zero-order valence-corrected chi connectivity index (χ0v) is 13.0. The molecule has 1 aliphatic rings. The highest BCUT2D eigenvalue weighted by Gasteiger charge is 2.13. The van der Waals surface area contributed by atoms with Gasteiger partial charge in [-0.05, 0) is 29.8 Å². The van der Waals surface area contributed by atoms with Crippen LogP contribution in [0.4, 0.5) is 0 Å². The van der Waals surface area contributed by atoms with Gasteiger partial charge < -0.3 is 19.9 Å². The molecule has 0 fully saturated rings. The summed E-state index contributed by atoms with van der Waals surface area (Å²) < 4.78 is 10.6. The summed E-state index contributed by atoms with van der Waals surface area (Å²) in [5, 5.41) is 13.3. The SMILES string of the molecule is O[C@@H](CNCc1ccc2c(c1)OCO2)CSc1ccccc1. The first-order chi connectivity index (χ1) is 10.8. The topological polar surface area (TPSA) is 50.7 Å². The number of hydrogen-bond donors (Lipinski definition) is 2. The Balaban J connectivity index is 1.39. The molecule has 0 bridgehead atoms. The van der Waals surface area contributed by atoms with Crippen LogP contribution in [0.5, 0.6) is 11.5 Å². The van der Waals surface area contributed by atoms with Gasteiger partial charge in [0.05, 0.1) is 6.10 Å². The van der Waals surface area contributed by atoms with Crippen LogP contribution >= 0.6 is 11.8 Å². The van der Waals surface area contributed by atoms with E-state index >= 15 is 0 Å². The minimum Gasteiger partial charge on any atom is -0.454 e.